The predicted octanol–water partition coefficient (Wildman–Crippen LogP) is 3.16. The molecule has 0 aliphatic heterocycles. The van der Waals surface area contributed by atoms with E-state index in [1.807, 2.05) is 62.2 Å². The average Bonchev–Trinajstić information content (AvgIpc) is 2.72. The fourth-order valence-corrected chi connectivity index (χ4v) is 2.62. The van der Waals surface area contributed by atoms with Crippen molar-refractivity contribution < 1.29 is 9.90 Å². The normalized spacial score (nSPS) is 11.0. The summed E-state index contributed by atoms with van der Waals surface area (Å²) in [6, 6.07) is 13.3. The van der Waals surface area contributed by atoms with Crippen LogP contribution in [0, 0.1) is 0 Å². The molecule has 0 aliphatic carbocycles. The van der Waals surface area contributed by atoms with E-state index in [4.69, 9.17) is 5.11 Å². The molecule has 1 aromatic carbocycles. The van der Waals surface area contributed by atoms with E-state index in [0.717, 1.165) is 5.56 Å². The second kappa shape index (κ2) is 8.51. The molecule has 0 saturated carbocycles. The third-order valence-corrected chi connectivity index (χ3v) is 4.13. The fraction of sp³-hybridized carbons (Fsp3) is 0.250. The van der Waals surface area contributed by atoms with Crippen molar-refractivity contribution in [2.75, 3.05) is 23.8 Å². The number of carboxylic acid groups (broad SMARTS) is 1. The number of anilines is 3. The first-order valence-electron chi connectivity index (χ1n) is 9.04. The van der Waals surface area contributed by atoms with Crippen LogP contribution in [0.15, 0.2) is 54.9 Å². The van der Waals surface area contributed by atoms with Crippen molar-refractivity contribution in [3.05, 3.63) is 54.9 Å². The lowest BCUT2D eigenvalue weighted by atomic mass is 10.1. The molecule has 0 aliphatic rings. The predicted molar refractivity (Wildman–Crippen MR) is 111 cm³/mol. The minimum atomic E-state index is -1.08. The second-order valence-corrected chi connectivity index (χ2v) is 7.07. The van der Waals surface area contributed by atoms with E-state index in [0.29, 0.717) is 23.4 Å². The van der Waals surface area contributed by atoms with Crippen molar-refractivity contribution >= 4 is 23.7 Å². The van der Waals surface area contributed by atoms with Gasteiger partial charge in [-0.25, -0.2) is 19.7 Å². The Balaban J connectivity index is 1.79. The van der Waals surface area contributed by atoms with Crippen LogP contribution in [0.4, 0.5) is 22.4 Å². The summed E-state index contributed by atoms with van der Waals surface area (Å²) in [5.74, 6) is 2.35. The molecule has 150 valence electrons. The summed E-state index contributed by atoms with van der Waals surface area (Å²) in [6.07, 6.45) is 2.27. The van der Waals surface area contributed by atoms with Crippen molar-refractivity contribution in [1.29, 1.82) is 0 Å². The van der Waals surface area contributed by atoms with Crippen LogP contribution in [-0.4, -0.2) is 50.3 Å². The van der Waals surface area contributed by atoms with E-state index in [2.05, 4.69) is 30.6 Å². The van der Waals surface area contributed by atoms with Gasteiger partial charge in [-0.3, -0.25) is 0 Å². The number of hydrogen-bond donors (Lipinski definition) is 3. The first kappa shape index (κ1) is 20.0. The highest BCUT2D eigenvalue weighted by Crippen LogP contribution is 2.23. The zero-order valence-electron chi connectivity index (χ0n) is 16.5. The molecule has 9 nitrogen and oxygen atoms in total. The Hall–Kier alpha value is -3.75. The van der Waals surface area contributed by atoms with Crippen LogP contribution in [0.1, 0.15) is 13.8 Å². The van der Waals surface area contributed by atoms with Gasteiger partial charge in [0.25, 0.3) is 0 Å². The van der Waals surface area contributed by atoms with Crippen LogP contribution in [0.5, 0.6) is 0 Å². The Morgan fingerprint density at radius 2 is 1.69 bits per heavy atom. The van der Waals surface area contributed by atoms with Gasteiger partial charge < -0.3 is 20.6 Å². The maximum Gasteiger partial charge on any atom is 0.404 e. The Kier molecular flexibility index (Phi) is 5.87. The van der Waals surface area contributed by atoms with Gasteiger partial charge in [-0.1, -0.05) is 30.3 Å². The maximum absolute atomic E-state index is 10.7. The average molecular weight is 393 g/mol. The van der Waals surface area contributed by atoms with Gasteiger partial charge in [0.05, 0.1) is 5.54 Å². The summed E-state index contributed by atoms with van der Waals surface area (Å²) in [6.45, 7) is 3.93. The number of nitrogens with one attached hydrogen (secondary N) is 2. The molecule has 2 aromatic heterocycles. The van der Waals surface area contributed by atoms with Gasteiger partial charge in [0.2, 0.25) is 5.95 Å². The van der Waals surface area contributed by atoms with E-state index >= 15 is 0 Å². The largest absolute Gasteiger partial charge is 0.465 e. The molecule has 1 amide bonds. The summed E-state index contributed by atoms with van der Waals surface area (Å²) < 4.78 is 0. The summed E-state index contributed by atoms with van der Waals surface area (Å²) in [4.78, 5) is 30.3. The highest BCUT2D eigenvalue weighted by Gasteiger charge is 2.20. The topological polar surface area (TPSA) is 116 Å². The standard InChI is InChI=1S/C20H23N7O2/c1-20(2,13-23-19(28)29)26-18-22-12-10-16(25-18)27(3)15-9-11-21-17(24-15)14-7-5-4-6-8-14/h4-12,23H,13H2,1-3H3,(H,28,29)(H,22,25,26). The molecule has 0 saturated heterocycles. The van der Waals surface area contributed by atoms with Gasteiger partial charge in [-0.05, 0) is 26.0 Å². The first-order valence-corrected chi connectivity index (χ1v) is 9.04. The first-order chi connectivity index (χ1) is 13.8. The molecule has 9 heteroatoms. The van der Waals surface area contributed by atoms with Crippen LogP contribution in [0.3, 0.4) is 0 Å². The monoisotopic (exact) mass is 393 g/mol. The molecule has 29 heavy (non-hydrogen) atoms. The summed E-state index contributed by atoms with van der Waals surface area (Å²) in [5, 5.41) is 14.3. The number of benzene rings is 1. The van der Waals surface area contributed by atoms with Crippen LogP contribution in [-0.2, 0) is 0 Å². The SMILES string of the molecule is CN(c1ccnc(NC(C)(C)CNC(=O)O)n1)c1ccnc(-c2ccccc2)n1. The van der Waals surface area contributed by atoms with E-state index < -0.39 is 11.6 Å². The molecule has 3 aromatic rings. The molecule has 0 fully saturated rings. The summed E-state index contributed by atoms with van der Waals surface area (Å²) >= 11 is 0. The summed E-state index contributed by atoms with van der Waals surface area (Å²) in [5.41, 5.74) is 0.366. The van der Waals surface area contributed by atoms with Crippen LogP contribution in [0.2, 0.25) is 0 Å². The molecule has 2 heterocycles. The highest BCUT2D eigenvalue weighted by molar-refractivity contribution is 5.64. The lowest BCUT2D eigenvalue weighted by Crippen LogP contribution is -2.44. The van der Waals surface area contributed by atoms with E-state index in [1.165, 1.54) is 0 Å². The molecule has 0 spiro atoms. The third kappa shape index (κ3) is 5.38. The van der Waals surface area contributed by atoms with E-state index in [-0.39, 0.29) is 6.54 Å². The van der Waals surface area contributed by atoms with E-state index in [9.17, 15) is 4.79 Å². The Labute approximate surface area is 168 Å². The molecular weight excluding hydrogens is 370 g/mol. The van der Waals surface area contributed by atoms with Crippen molar-refractivity contribution in [1.82, 2.24) is 25.3 Å². The molecule has 3 N–H and O–H groups in total. The summed E-state index contributed by atoms with van der Waals surface area (Å²) in [7, 11) is 1.86. The molecule has 0 unspecified atom stereocenters. The number of hydrogen-bond acceptors (Lipinski definition) is 7. The Morgan fingerprint density at radius 3 is 2.38 bits per heavy atom. The smallest absolute Gasteiger partial charge is 0.404 e. The maximum atomic E-state index is 10.7. The molecule has 0 bridgehead atoms. The fourth-order valence-electron chi connectivity index (χ4n) is 2.62. The molecule has 0 radical (unpaired) electrons. The zero-order chi connectivity index (χ0) is 20.9. The van der Waals surface area contributed by atoms with Crippen molar-refractivity contribution in [2.45, 2.75) is 19.4 Å². The van der Waals surface area contributed by atoms with Crippen molar-refractivity contribution in [2.24, 2.45) is 0 Å². The van der Waals surface area contributed by atoms with Gasteiger partial charge in [0, 0.05) is 31.5 Å². The van der Waals surface area contributed by atoms with Gasteiger partial charge in [-0.2, -0.15) is 4.98 Å². The van der Waals surface area contributed by atoms with Crippen LogP contribution < -0.4 is 15.5 Å². The van der Waals surface area contributed by atoms with E-state index in [1.54, 1.807) is 18.5 Å². The number of aromatic nitrogens is 4. The number of carbonyl (C=O) groups is 1. The van der Waals surface area contributed by atoms with Crippen LogP contribution in [0.25, 0.3) is 11.4 Å². The number of nitrogens with zero attached hydrogens (tertiary/aromatic N) is 5. The number of amides is 1. The quantitative estimate of drug-likeness (QED) is 0.560. The van der Waals surface area contributed by atoms with Crippen molar-refractivity contribution in [3.63, 3.8) is 0 Å². The van der Waals surface area contributed by atoms with Gasteiger partial charge >= 0.3 is 6.09 Å². The third-order valence-electron chi connectivity index (χ3n) is 4.13. The minimum absolute atomic E-state index is 0.206. The lowest BCUT2D eigenvalue weighted by molar-refractivity contribution is 0.192. The minimum Gasteiger partial charge on any atom is -0.465 e. The molecule has 3 rings (SSSR count). The highest BCUT2D eigenvalue weighted by atomic mass is 16.4. The Morgan fingerprint density at radius 1 is 1.03 bits per heavy atom. The lowest BCUT2D eigenvalue weighted by Gasteiger charge is -2.26. The number of rotatable bonds is 7. The van der Waals surface area contributed by atoms with Gasteiger partial charge in [-0.15, -0.1) is 0 Å². The zero-order valence-corrected chi connectivity index (χ0v) is 16.5. The second-order valence-electron chi connectivity index (χ2n) is 7.07. The Bertz CT molecular complexity index is 979. The van der Waals surface area contributed by atoms with Gasteiger partial charge in [0.1, 0.15) is 11.6 Å². The van der Waals surface area contributed by atoms with Crippen molar-refractivity contribution in [3.8, 4) is 11.4 Å². The molecular formula is C20H23N7O2. The molecule has 0 atom stereocenters. The van der Waals surface area contributed by atoms with Gasteiger partial charge in [0.15, 0.2) is 5.82 Å². The van der Waals surface area contributed by atoms with Crippen LogP contribution >= 0.6 is 0 Å².